The minimum atomic E-state index is 0.499. The fraction of sp³-hybridized carbons (Fsp3) is 0.200. The molecule has 106 valence electrons. The third-order valence-corrected chi connectivity index (χ3v) is 2.99. The van der Waals surface area contributed by atoms with Gasteiger partial charge in [-0.3, -0.25) is 4.98 Å². The van der Waals surface area contributed by atoms with Crippen LogP contribution < -0.4 is 5.32 Å². The van der Waals surface area contributed by atoms with Crippen LogP contribution in [0.1, 0.15) is 12.6 Å². The average molecular weight is 280 g/mol. The summed E-state index contributed by atoms with van der Waals surface area (Å²) in [4.78, 5) is 5.89. The van der Waals surface area contributed by atoms with Crippen molar-refractivity contribution in [2.45, 2.75) is 13.5 Å². The zero-order valence-corrected chi connectivity index (χ0v) is 11.8. The van der Waals surface area contributed by atoms with E-state index >= 15 is 0 Å². The SMILES string of the molecule is CCNc1ccnc(Cn2nnc(-c3ccccc3)n2)c1. The van der Waals surface area contributed by atoms with Crippen LogP contribution in [0.4, 0.5) is 5.69 Å². The van der Waals surface area contributed by atoms with Gasteiger partial charge in [0.05, 0.1) is 5.69 Å². The molecule has 0 bridgehead atoms. The molecule has 0 amide bonds. The second-order valence-corrected chi connectivity index (χ2v) is 4.58. The predicted octanol–water partition coefficient (Wildman–Crippen LogP) is 2.22. The number of anilines is 1. The Morgan fingerprint density at radius 3 is 2.81 bits per heavy atom. The van der Waals surface area contributed by atoms with Crippen LogP contribution in [0, 0.1) is 0 Å². The Bertz CT molecular complexity index is 707. The van der Waals surface area contributed by atoms with Gasteiger partial charge in [-0.15, -0.1) is 10.2 Å². The molecule has 0 saturated carbocycles. The van der Waals surface area contributed by atoms with E-state index in [1.807, 2.05) is 42.5 Å². The molecule has 0 aliphatic heterocycles. The van der Waals surface area contributed by atoms with Crippen LogP contribution in [0.3, 0.4) is 0 Å². The Morgan fingerprint density at radius 2 is 2.00 bits per heavy atom. The summed E-state index contributed by atoms with van der Waals surface area (Å²) < 4.78 is 0. The standard InChI is InChI=1S/C15H16N6/c1-2-16-13-8-9-17-14(10-13)11-21-19-15(18-20-21)12-6-4-3-5-7-12/h3-10H,2,11H2,1H3,(H,16,17). The van der Waals surface area contributed by atoms with Crippen LogP contribution in [0.5, 0.6) is 0 Å². The number of aromatic nitrogens is 5. The first-order chi connectivity index (χ1) is 10.3. The molecule has 0 radical (unpaired) electrons. The molecule has 6 heteroatoms. The minimum absolute atomic E-state index is 0.499. The fourth-order valence-electron chi connectivity index (χ4n) is 2.04. The highest BCUT2D eigenvalue weighted by Gasteiger charge is 2.06. The third kappa shape index (κ3) is 3.22. The number of hydrogen-bond donors (Lipinski definition) is 1. The summed E-state index contributed by atoms with van der Waals surface area (Å²) in [6.07, 6.45) is 1.78. The lowest BCUT2D eigenvalue weighted by atomic mass is 10.2. The molecule has 0 unspecified atom stereocenters. The van der Waals surface area contributed by atoms with Crippen molar-refractivity contribution >= 4 is 5.69 Å². The Kier molecular flexibility index (Phi) is 3.86. The van der Waals surface area contributed by atoms with E-state index in [0.29, 0.717) is 12.4 Å². The van der Waals surface area contributed by atoms with E-state index in [0.717, 1.165) is 23.5 Å². The smallest absolute Gasteiger partial charge is 0.204 e. The molecule has 3 rings (SSSR count). The topological polar surface area (TPSA) is 68.5 Å². The van der Waals surface area contributed by atoms with E-state index in [-0.39, 0.29) is 0 Å². The van der Waals surface area contributed by atoms with Gasteiger partial charge in [-0.2, -0.15) is 4.80 Å². The Morgan fingerprint density at radius 1 is 1.14 bits per heavy atom. The van der Waals surface area contributed by atoms with E-state index in [4.69, 9.17) is 0 Å². The maximum Gasteiger partial charge on any atom is 0.204 e. The first-order valence-electron chi connectivity index (χ1n) is 6.87. The molecule has 0 fully saturated rings. The summed E-state index contributed by atoms with van der Waals surface area (Å²) in [5.41, 5.74) is 2.90. The lowest BCUT2D eigenvalue weighted by molar-refractivity contribution is 0.564. The fourth-order valence-corrected chi connectivity index (χ4v) is 2.04. The molecule has 0 atom stereocenters. The molecule has 1 aromatic carbocycles. The number of nitrogens with zero attached hydrogens (tertiary/aromatic N) is 5. The molecule has 6 nitrogen and oxygen atoms in total. The van der Waals surface area contributed by atoms with E-state index in [2.05, 4.69) is 32.6 Å². The second-order valence-electron chi connectivity index (χ2n) is 4.58. The van der Waals surface area contributed by atoms with E-state index in [9.17, 15) is 0 Å². The maximum atomic E-state index is 4.39. The number of hydrogen-bond acceptors (Lipinski definition) is 5. The van der Waals surface area contributed by atoms with E-state index in [1.165, 1.54) is 0 Å². The summed E-state index contributed by atoms with van der Waals surface area (Å²) in [7, 11) is 0. The van der Waals surface area contributed by atoms with Gasteiger partial charge in [0.2, 0.25) is 5.82 Å². The number of tetrazole rings is 1. The summed E-state index contributed by atoms with van der Waals surface area (Å²) in [5, 5.41) is 15.8. The quantitative estimate of drug-likeness (QED) is 0.776. The van der Waals surface area contributed by atoms with Crippen molar-refractivity contribution in [1.29, 1.82) is 0 Å². The third-order valence-electron chi connectivity index (χ3n) is 2.99. The van der Waals surface area contributed by atoms with Crippen molar-refractivity contribution < 1.29 is 0 Å². The molecule has 1 N–H and O–H groups in total. The summed E-state index contributed by atoms with van der Waals surface area (Å²) in [5.74, 6) is 0.624. The van der Waals surface area contributed by atoms with Crippen molar-refractivity contribution in [3.05, 3.63) is 54.4 Å². The van der Waals surface area contributed by atoms with Crippen LogP contribution in [0.2, 0.25) is 0 Å². The van der Waals surface area contributed by atoms with Crippen LogP contribution in [-0.2, 0) is 6.54 Å². The largest absolute Gasteiger partial charge is 0.385 e. The Labute approximate surface area is 122 Å². The minimum Gasteiger partial charge on any atom is -0.385 e. The molecule has 2 aromatic heterocycles. The second kappa shape index (κ2) is 6.13. The number of pyridine rings is 1. The average Bonchev–Trinajstić information content (AvgIpc) is 2.97. The van der Waals surface area contributed by atoms with Crippen molar-refractivity contribution in [3.8, 4) is 11.4 Å². The van der Waals surface area contributed by atoms with Crippen LogP contribution in [0.15, 0.2) is 48.7 Å². The van der Waals surface area contributed by atoms with Gasteiger partial charge in [0.25, 0.3) is 0 Å². The van der Waals surface area contributed by atoms with Gasteiger partial charge in [-0.05, 0) is 24.3 Å². The summed E-state index contributed by atoms with van der Waals surface area (Å²) in [6, 6.07) is 13.7. The molecule has 2 heterocycles. The molecular weight excluding hydrogens is 264 g/mol. The summed E-state index contributed by atoms with van der Waals surface area (Å²) >= 11 is 0. The zero-order valence-electron chi connectivity index (χ0n) is 11.8. The monoisotopic (exact) mass is 280 g/mol. The van der Waals surface area contributed by atoms with Gasteiger partial charge in [-0.1, -0.05) is 30.3 Å². The highest BCUT2D eigenvalue weighted by molar-refractivity contribution is 5.53. The number of nitrogens with one attached hydrogen (secondary N) is 1. The van der Waals surface area contributed by atoms with Gasteiger partial charge in [0.1, 0.15) is 6.54 Å². The van der Waals surface area contributed by atoms with Gasteiger partial charge in [0, 0.05) is 24.0 Å². The predicted molar refractivity (Wildman–Crippen MR) is 80.8 cm³/mol. The van der Waals surface area contributed by atoms with E-state index in [1.54, 1.807) is 11.0 Å². The molecule has 0 aliphatic rings. The highest BCUT2D eigenvalue weighted by atomic mass is 15.6. The first kappa shape index (κ1) is 13.2. The maximum absolute atomic E-state index is 4.39. The highest BCUT2D eigenvalue weighted by Crippen LogP contribution is 2.13. The van der Waals surface area contributed by atoms with Crippen LogP contribution >= 0.6 is 0 Å². The lowest BCUT2D eigenvalue weighted by Crippen LogP contribution is -2.06. The molecule has 0 saturated heterocycles. The normalized spacial score (nSPS) is 10.5. The van der Waals surface area contributed by atoms with Gasteiger partial charge >= 0.3 is 0 Å². The van der Waals surface area contributed by atoms with Crippen LogP contribution in [0.25, 0.3) is 11.4 Å². The van der Waals surface area contributed by atoms with Gasteiger partial charge in [0.15, 0.2) is 0 Å². The molecule has 3 aromatic rings. The van der Waals surface area contributed by atoms with Crippen LogP contribution in [-0.4, -0.2) is 31.7 Å². The zero-order chi connectivity index (χ0) is 14.5. The molecule has 0 spiro atoms. The van der Waals surface area contributed by atoms with Crippen molar-refractivity contribution in [1.82, 2.24) is 25.2 Å². The Balaban J connectivity index is 1.77. The first-order valence-corrected chi connectivity index (χ1v) is 6.87. The van der Waals surface area contributed by atoms with Gasteiger partial charge < -0.3 is 5.32 Å². The number of rotatable bonds is 5. The van der Waals surface area contributed by atoms with E-state index < -0.39 is 0 Å². The molecule has 0 aliphatic carbocycles. The van der Waals surface area contributed by atoms with Crippen molar-refractivity contribution in [2.75, 3.05) is 11.9 Å². The van der Waals surface area contributed by atoms with Crippen molar-refractivity contribution in [3.63, 3.8) is 0 Å². The Hall–Kier alpha value is -2.76. The summed E-state index contributed by atoms with van der Waals surface area (Å²) in [6.45, 7) is 3.44. The van der Waals surface area contributed by atoms with Crippen molar-refractivity contribution in [2.24, 2.45) is 0 Å². The lowest BCUT2D eigenvalue weighted by Gasteiger charge is -2.04. The molecular formula is C15H16N6. The van der Waals surface area contributed by atoms with Gasteiger partial charge in [-0.25, -0.2) is 0 Å². The number of benzene rings is 1. The molecule has 21 heavy (non-hydrogen) atoms.